The van der Waals surface area contributed by atoms with Crippen LogP contribution in [-0.4, -0.2) is 50.0 Å². The minimum atomic E-state index is -1.42. The zero-order chi connectivity index (χ0) is 26.9. The van der Waals surface area contributed by atoms with E-state index in [-0.39, 0.29) is 21.6 Å². The lowest BCUT2D eigenvalue weighted by atomic mass is 9.96. The highest BCUT2D eigenvalue weighted by Crippen LogP contribution is 2.40. The number of thiophene rings is 1. The number of amides is 1. The quantitative estimate of drug-likeness (QED) is 0.302. The second-order valence-electron chi connectivity index (χ2n) is 9.38. The van der Waals surface area contributed by atoms with Crippen LogP contribution in [0, 0.1) is 11.6 Å². The Morgan fingerprint density at radius 1 is 1.19 bits per heavy atom. The zero-order valence-electron chi connectivity index (χ0n) is 20.8. The van der Waals surface area contributed by atoms with Gasteiger partial charge in [-0.15, -0.1) is 16.4 Å². The summed E-state index contributed by atoms with van der Waals surface area (Å²) in [7, 11) is 3.89. The number of nitrogens with zero attached hydrogens (tertiary/aromatic N) is 5. The van der Waals surface area contributed by atoms with Gasteiger partial charge in [0, 0.05) is 11.4 Å². The summed E-state index contributed by atoms with van der Waals surface area (Å²) in [6.45, 7) is 3.91. The minimum absolute atomic E-state index is 0.0715. The molecule has 4 aromatic rings. The largest absolute Gasteiger partial charge is 0.386 e. The maximum absolute atomic E-state index is 14.9. The van der Waals surface area contributed by atoms with E-state index in [1.807, 2.05) is 31.3 Å². The van der Waals surface area contributed by atoms with Crippen LogP contribution in [0.15, 0.2) is 42.6 Å². The van der Waals surface area contributed by atoms with Gasteiger partial charge in [0.05, 0.1) is 40.9 Å². The molecule has 0 unspecified atom stereocenters. The average molecular weight is 528 g/mol. The highest BCUT2D eigenvalue weighted by Gasteiger charge is 2.24. The predicted octanol–water partition coefficient (Wildman–Crippen LogP) is 3.86. The number of anilines is 2. The van der Waals surface area contributed by atoms with Gasteiger partial charge in [0.15, 0.2) is 0 Å². The van der Waals surface area contributed by atoms with Crippen molar-refractivity contribution in [3.05, 3.63) is 76.7 Å². The van der Waals surface area contributed by atoms with Crippen molar-refractivity contribution < 1.29 is 18.7 Å². The van der Waals surface area contributed by atoms with Crippen molar-refractivity contribution in [2.45, 2.75) is 32.5 Å². The first-order chi connectivity index (χ1) is 17.4. The molecule has 12 heteroatoms. The van der Waals surface area contributed by atoms with Crippen LogP contribution < -0.4 is 11.1 Å². The number of pyridine rings is 1. The number of nitrogens with two attached hydrogens (primary N) is 1. The minimum Gasteiger partial charge on any atom is -0.386 e. The highest BCUT2D eigenvalue weighted by molar-refractivity contribution is 7.20. The van der Waals surface area contributed by atoms with E-state index < -0.39 is 23.1 Å². The maximum Gasteiger partial charge on any atom is 0.251 e. The molecule has 4 rings (SSSR count). The van der Waals surface area contributed by atoms with E-state index in [4.69, 9.17) is 5.73 Å². The van der Waals surface area contributed by atoms with Crippen LogP contribution in [0.4, 0.5) is 19.6 Å². The molecule has 0 aliphatic carbocycles. The average Bonchev–Trinajstić information content (AvgIpc) is 3.39. The van der Waals surface area contributed by atoms with Gasteiger partial charge in [0.1, 0.15) is 22.5 Å². The van der Waals surface area contributed by atoms with Gasteiger partial charge in [-0.05, 0) is 63.8 Å². The van der Waals surface area contributed by atoms with Gasteiger partial charge in [-0.1, -0.05) is 11.3 Å². The summed E-state index contributed by atoms with van der Waals surface area (Å²) in [5.41, 5.74) is 5.50. The first kappa shape index (κ1) is 26.3. The molecule has 194 valence electrons. The Bertz CT molecular complexity index is 1420. The second kappa shape index (κ2) is 10.3. The molecule has 0 aliphatic rings. The SMILES string of the molecule is CN(C)Cc1cn(Cc2cccc(Nc3sc(-c4c(F)cc(C(C)(C)O)cc4F)cc3C(N)=O)n2)nn1. The van der Waals surface area contributed by atoms with E-state index >= 15 is 0 Å². The number of aliphatic hydroxyl groups is 1. The monoisotopic (exact) mass is 527 g/mol. The fraction of sp³-hybridized carbons (Fsp3) is 0.280. The summed E-state index contributed by atoms with van der Waals surface area (Å²) in [5, 5.41) is 21.7. The number of nitrogens with one attached hydrogen (secondary N) is 1. The molecule has 37 heavy (non-hydrogen) atoms. The maximum atomic E-state index is 14.9. The van der Waals surface area contributed by atoms with Gasteiger partial charge in [0.25, 0.3) is 5.91 Å². The zero-order valence-corrected chi connectivity index (χ0v) is 21.6. The van der Waals surface area contributed by atoms with Crippen LogP contribution >= 0.6 is 11.3 Å². The fourth-order valence-electron chi connectivity index (χ4n) is 3.68. The molecule has 0 saturated heterocycles. The van der Waals surface area contributed by atoms with Gasteiger partial charge < -0.3 is 21.1 Å². The molecule has 1 amide bonds. The van der Waals surface area contributed by atoms with Crippen LogP contribution in [0.5, 0.6) is 0 Å². The van der Waals surface area contributed by atoms with Crippen molar-refractivity contribution in [1.29, 1.82) is 0 Å². The molecule has 1 aromatic carbocycles. The third kappa shape index (κ3) is 6.16. The number of rotatable bonds is 9. The molecular formula is C25H27F2N7O2S. The topological polar surface area (TPSA) is 122 Å². The molecular weight excluding hydrogens is 500 g/mol. The Labute approximate surface area is 216 Å². The Morgan fingerprint density at radius 2 is 1.89 bits per heavy atom. The van der Waals surface area contributed by atoms with Crippen molar-refractivity contribution in [3.8, 4) is 10.4 Å². The fourth-order valence-corrected chi connectivity index (χ4v) is 4.80. The van der Waals surface area contributed by atoms with E-state index in [2.05, 4.69) is 20.6 Å². The smallest absolute Gasteiger partial charge is 0.251 e. The normalized spacial score (nSPS) is 11.8. The molecule has 0 spiro atoms. The van der Waals surface area contributed by atoms with Gasteiger partial charge in [0.2, 0.25) is 0 Å². The van der Waals surface area contributed by atoms with Gasteiger partial charge in [-0.3, -0.25) is 4.79 Å². The van der Waals surface area contributed by atoms with Crippen LogP contribution in [0.25, 0.3) is 10.4 Å². The van der Waals surface area contributed by atoms with E-state index in [0.717, 1.165) is 29.2 Å². The van der Waals surface area contributed by atoms with Gasteiger partial charge >= 0.3 is 0 Å². The standard InChI is InChI=1S/C25H27F2N7O2S/c1-25(2,36)14-8-18(26)22(19(27)9-14)20-10-17(23(28)35)24(37-20)30-21-7-5-6-15(29-21)12-34-13-16(31-32-34)11-33(3)4/h5-10,13,36H,11-12H2,1-4H3,(H2,28,35)(H,29,30). The molecule has 9 nitrogen and oxygen atoms in total. The third-order valence-corrected chi connectivity index (χ3v) is 6.50. The summed E-state index contributed by atoms with van der Waals surface area (Å²) in [4.78, 5) is 18.8. The molecule has 0 fully saturated rings. The molecule has 0 bridgehead atoms. The molecule has 4 N–H and O–H groups in total. The number of aromatic nitrogens is 4. The van der Waals surface area contributed by atoms with Crippen molar-refractivity contribution >= 4 is 28.1 Å². The van der Waals surface area contributed by atoms with Crippen molar-refractivity contribution in [2.24, 2.45) is 5.73 Å². The number of halogens is 2. The summed E-state index contributed by atoms with van der Waals surface area (Å²) in [6, 6.07) is 8.80. The van der Waals surface area contributed by atoms with Crippen LogP contribution in [0.3, 0.4) is 0 Å². The van der Waals surface area contributed by atoms with E-state index in [0.29, 0.717) is 29.6 Å². The Morgan fingerprint density at radius 3 is 2.51 bits per heavy atom. The van der Waals surface area contributed by atoms with E-state index in [1.54, 1.807) is 16.8 Å². The van der Waals surface area contributed by atoms with Gasteiger partial charge in [-0.25, -0.2) is 18.4 Å². The third-order valence-electron chi connectivity index (χ3n) is 5.43. The number of carbonyl (C=O) groups is 1. The van der Waals surface area contributed by atoms with Crippen LogP contribution in [0.2, 0.25) is 0 Å². The first-order valence-electron chi connectivity index (χ1n) is 11.3. The van der Waals surface area contributed by atoms with Crippen molar-refractivity contribution in [1.82, 2.24) is 24.9 Å². The number of primary amides is 1. The van der Waals surface area contributed by atoms with E-state index in [1.165, 1.54) is 19.9 Å². The summed E-state index contributed by atoms with van der Waals surface area (Å²) < 4.78 is 31.5. The molecule has 3 heterocycles. The summed E-state index contributed by atoms with van der Waals surface area (Å²) in [6.07, 6.45) is 1.84. The molecule has 0 radical (unpaired) electrons. The Balaban J connectivity index is 1.61. The molecule has 0 saturated carbocycles. The Hall–Kier alpha value is -3.74. The lowest BCUT2D eigenvalue weighted by Crippen LogP contribution is -2.16. The number of benzene rings is 1. The van der Waals surface area contributed by atoms with E-state index in [9.17, 15) is 18.7 Å². The number of carbonyl (C=O) groups excluding carboxylic acids is 1. The summed E-state index contributed by atoms with van der Waals surface area (Å²) in [5.74, 6) is -2.06. The number of hydrogen-bond donors (Lipinski definition) is 3. The Kier molecular flexibility index (Phi) is 7.35. The van der Waals surface area contributed by atoms with Crippen LogP contribution in [-0.2, 0) is 18.7 Å². The first-order valence-corrected chi connectivity index (χ1v) is 12.1. The van der Waals surface area contributed by atoms with Crippen LogP contribution in [0.1, 0.15) is 41.2 Å². The second-order valence-corrected chi connectivity index (χ2v) is 10.4. The van der Waals surface area contributed by atoms with Crippen molar-refractivity contribution in [3.63, 3.8) is 0 Å². The van der Waals surface area contributed by atoms with Crippen molar-refractivity contribution in [2.75, 3.05) is 19.4 Å². The lowest BCUT2D eigenvalue weighted by molar-refractivity contribution is 0.0778. The molecule has 0 aliphatic heterocycles. The lowest BCUT2D eigenvalue weighted by Gasteiger charge is -2.18. The summed E-state index contributed by atoms with van der Waals surface area (Å²) >= 11 is 0.970. The predicted molar refractivity (Wildman–Crippen MR) is 137 cm³/mol. The molecule has 0 atom stereocenters. The number of hydrogen-bond acceptors (Lipinski definition) is 8. The van der Waals surface area contributed by atoms with Gasteiger partial charge in [-0.2, -0.15) is 0 Å². The molecule has 3 aromatic heterocycles. The highest BCUT2D eigenvalue weighted by atomic mass is 32.1.